The molecule has 112 valence electrons. The van der Waals surface area contributed by atoms with E-state index >= 15 is 0 Å². The van der Waals surface area contributed by atoms with Crippen molar-refractivity contribution >= 4 is 39.0 Å². The zero-order valence-corrected chi connectivity index (χ0v) is 12.9. The van der Waals surface area contributed by atoms with Crippen molar-refractivity contribution in [3.05, 3.63) is 29.1 Å². The molecule has 0 fully saturated rings. The van der Waals surface area contributed by atoms with E-state index in [1.54, 1.807) is 0 Å². The quantitative estimate of drug-likeness (QED) is 0.636. The molecule has 1 aromatic heterocycles. The highest BCUT2D eigenvalue weighted by atomic mass is 32.1. The molecule has 0 unspecified atom stereocenters. The summed E-state index contributed by atoms with van der Waals surface area (Å²) in [5.41, 5.74) is 0.533. The summed E-state index contributed by atoms with van der Waals surface area (Å²) in [5, 5.41) is 6.70. The molecule has 0 spiro atoms. The third kappa shape index (κ3) is 3.59. The van der Waals surface area contributed by atoms with Gasteiger partial charge in [0, 0.05) is 10.1 Å². The third-order valence-corrected chi connectivity index (χ3v) is 4.09. The number of hydrogen-bond acceptors (Lipinski definition) is 5. The molecular weight excluding hydrogens is 288 g/mol. The lowest BCUT2D eigenvalue weighted by Crippen LogP contribution is -2.28. The number of anilines is 1. The molecule has 0 aliphatic rings. The van der Waals surface area contributed by atoms with Crippen LogP contribution in [0.2, 0.25) is 0 Å². The highest BCUT2D eigenvalue weighted by Crippen LogP contribution is 2.36. The smallest absolute Gasteiger partial charge is 0.350 e. The van der Waals surface area contributed by atoms with E-state index in [2.05, 4.69) is 10.6 Å². The summed E-state index contributed by atoms with van der Waals surface area (Å²) in [5.74, 6) is -0.606. The van der Waals surface area contributed by atoms with E-state index in [1.807, 2.05) is 31.2 Å². The lowest BCUT2D eigenvalue weighted by atomic mass is 10.2. The summed E-state index contributed by atoms with van der Waals surface area (Å²) >= 11 is 1.32. The van der Waals surface area contributed by atoms with Crippen molar-refractivity contribution in [2.45, 2.75) is 13.3 Å². The van der Waals surface area contributed by atoms with Gasteiger partial charge in [-0.25, -0.2) is 4.79 Å². The zero-order chi connectivity index (χ0) is 15.2. The van der Waals surface area contributed by atoms with Gasteiger partial charge in [0.2, 0.25) is 5.91 Å². The van der Waals surface area contributed by atoms with Gasteiger partial charge in [-0.3, -0.25) is 4.79 Å². The largest absolute Gasteiger partial charge is 0.465 e. The van der Waals surface area contributed by atoms with Crippen LogP contribution >= 0.6 is 11.3 Å². The summed E-state index contributed by atoms with van der Waals surface area (Å²) in [6.45, 7) is 3.03. The minimum absolute atomic E-state index is 0.169. The highest BCUT2D eigenvalue weighted by Gasteiger charge is 2.20. The van der Waals surface area contributed by atoms with Gasteiger partial charge in [-0.15, -0.1) is 11.3 Å². The van der Waals surface area contributed by atoms with E-state index in [1.165, 1.54) is 18.4 Å². The molecule has 0 bridgehead atoms. The first kappa shape index (κ1) is 15.5. The molecule has 21 heavy (non-hydrogen) atoms. The molecule has 0 atom stereocenters. The minimum Gasteiger partial charge on any atom is -0.465 e. The van der Waals surface area contributed by atoms with E-state index in [-0.39, 0.29) is 12.5 Å². The minimum atomic E-state index is -0.437. The second kappa shape index (κ2) is 7.19. The lowest BCUT2D eigenvalue weighted by molar-refractivity contribution is -0.115. The Morgan fingerprint density at radius 1 is 1.29 bits per heavy atom. The van der Waals surface area contributed by atoms with Crippen LogP contribution in [-0.2, 0) is 9.53 Å². The Bertz CT molecular complexity index is 651. The molecular formula is C15H18N2O3S. The molecule has 6 heteroatoms. The van der Waals surface area contributed by atoms with Gasteiger partial charge in [-0.2, -0.15) is 0 Å². The van der Waals surface area contributed by atoms with Gasteiger partial charge < -0.3 is 15.4 Å². The van der Waals surface area contributed by atoms with Crippen LogP contribution in [0.4, 0.5) is 5.69 Å². The van der Waals surface area contributed by atoms with Crippen molar-refractivity contribution in [1.29, 1.82) is 0 Å². The van der Waals surface area contributed by atoms with Gasteiger partial charge >= 0.3 is 5.97 Å². The summed E-state index contributed by atoms with van der Waals surface area (Å²) in [6, 6.07) is 7.57. The molecule has 0 radical (unpaired) electrons. The van der Waals surface area contributed by atoms with E-state index in [0.29, 0.717) is 10.6 Å². The average molecular weight is 306 g/mol. The predicted molar refractivity (Wildman–Crippen MR) is 85.0 cm³/mol. The molecule has 2 N–H and O–H groups in total. The Morgan fingerprint density at radius 2 is 2.05 bits per heavy atom. The van der Waals surface area contributed by atoms with Gasteiger partial charge in [0.15, 0.2) is 0 Å². The molecule has 0 aliphatic heterocycles. The molecule has 1 amide bonds. The second-order valence-corrected chi connectivity index (χ2v) is 5.57. The standard InChI is InChI=1S/C15H18N2O3S/c1-3-8-16-9-12(18)17-13-10-6-4-5-7-11(10)21-14(13)15(19)20-2/h4-7,16H,3,8-9H2,1-2H3,(H,17,18). The normalized spacial score (nSPS) is 10.6. The van der Waals surface area contributed by atoms with Crippen LogP contribution in [0.3, 0.4) is 0 Å². The van der Waals surface area contributed by atoms with E-state index in [4.69, 9.17) is 4.74 Å². The summed E-state index contributed by atoms with van der Waals surface area (Å²) in [6.07, 6.45) is 0.960. The Balaban J connectivity index is 2.27. The van der Waals surface area contributed by atoms with Gasteiger partial charge in [0.25, 0.3) is 0 Å². The maximum atomic E-state index is 12.0. The first-order valence-electron chi connectivity index (χ1n) is 6.77. The number of methoxy groups -OCH3 is 1. The van der Waals surface area contributed by atoms with Gasteiger partial charge in [0.1, 0.15) is 4.88 Å². The number of esters is 1. The van der Waals surface area contributed by atoms with E-state index in [9.17, 15) is 9.59 Å². The number of rotatable bonds is 6. The molecule has 5 nitrogen and oxygen atoms in total. The summed E-state index contributed by atoms with van der Waals surface area (Å²) in [7, 11) is 1.33. The second-order valence-electron chi connectivity index (χ2n) is 4.52. The Hall–Kier alpha value is -1.92. The SMILES string of the molecule is CCCNCC(=O)Nc1c(C(=O)OC)sc2ccccc12. The molecule has 2 aromatic rings. The molecule has 2 rings (SSSR count). The fourth-order valence-electron chi connectivity index (χ4n) is 1.97. The maximum absolute atomic E-state index is 12.0. The number of hydrogen-bond donors (Lipinski definition) is 2. The zero-order valence-electron chi connectivity index (χ0n) is 12.1. The van der Waals surface area contributed by atoms with Gasteiger partial charge in [0.05, 0.1) is 19.3 Å². The predicted octanol–water partition coefficient (Wildman–Crippen LogP) is 2.63. The monoisotopic (exact) mass is 306 g/mol. The van der Waals surface area contributed by atoms with Crippen molar-refractivity contribution in [1.82, 2.24) is 5.32 Å². The fraction of sp³-hybridized carbons (Fsp3) is 0.333. The first-order valence-corrected chi connectivity index (χ1v) is 7.59. The molecule has 0 saturated carbocycles. The van der Waals surface area contributed by atoms with Gasteiger partial charge in [-0.05, 0) is 19.0 Å². The van der Waals surface area contributed by atoms with E-state index in [0.717, 1.165) is 23.1 Å². The summed E-state index contributed by atoms with van der Waals surface area (Å²) in [4.78, 5) is 24.3. The van der Waals surface area contributed by atoms with Crippen LogP contribution < -0.4 is 10.6 Å². The number of carbonyl (C=O) groups excluding carboxylic acids is 2. The van der Waals surface area contributed by atoms with Crippen molar-refractivity contribution in [3.63, 3.8) is 0 Å². The topological polar surface area (TPSA) is 67.4 Å². The Labute approximate surface area is 127 Å². The number of ether oxygens (including phenoxy) is 1. The fourth-order valence-corrected chi connectivity index (χ4v) is 3.04. The number of amides is 1. The number of carbonyl (C=O) groups is 2. The Kier molecular flexibility index (Phi) is 5.30. The van der Waals surface area contributed by atoms with Gasteiger partial charge in [-0.1, -0.05) is 25.1 Å². The third-order valence-electron chi connectivity index (χ3n) is 2.94. The first-order chi connectivity index (χ1) is 10.2. The lowest BCUT2D eigenvalue weighted by Gasteiger charge is -2.07. The molecule has 1 aromatic carbocycles. The average Bonchev–Trinajstić information content (AvgIpc) is 2.85. The van der Waals surface area contributed by atoms with Crippen LogP contribution in [0, 0.1) is 0 Å². The number of benzene rings is 1. The van der Waals surface area contributed by atoms with Crippen LogP contribution in [0.5, 0.6) is 0 Å². The van der Waals surface area contributed by atoms with Crippen LogP contribution in [0.25, 0.3) is 10.1 Å². The van der Waals surface area contributed by atoms with Crippen molar-refractivity contribution in [2.24, 2.45) is 0 Å². The van der Waals surface area contributed by atoms with Crippen LogP contribution in [0.15, 0.2) is 24.3 Å². The Morgan fingerprint density at radius 3 is 2.76 bits per heavy atom. The number of thiophene rings is 1. The maximum Gasteiger partial charge on any atom is 0.350 e. The van der Waals surface area contributed by atoms with Crippen molar-refractivity contribution < 1.29 is 14.3 Å². The van der Waals surface area contributed by atoms with Crippen LogP contribution in [0.1, 0.15) is 23.0 Å². The van der Waals surface area contributed by atoms with E-state index < -0.39 is 5.97 Å². The molecule has 0 aliphatic carbocycles. The van der Waals surface area contributed by atoms with Crippen LogP contribution in [-0.4, -0.2) is 32.1 Å². The number of fused-ring (bicyclic) bond motifs is 1. The van der Waals surface area contributed by atoms with Crippen molar-refractivity contribution in [2.75, 3.05) is 25.5 Å². The molecule has 1 heterocycles. The van der Waals surface area contributed by atoms with Crippen molar-refractivity contribution in [3.8, 4) is 0 Å². The number of nitrogens with one attached hydrogen (secondary N) is 2. The highest BCUT2D eigenvalue weighted by molar-refractivity contribution is 7.21. The summed E-state index contributed by atoms with van der Waals surface area (Å²) < 4.78 is 5.73. The molecule has 0 saturated heterocycles.